The fourth-order valence-corrected chi connectivity index (χ4v) is 0.842. The number of aryl methyl sites for hydroxylation is 1. The van der Waals surface area contributed by atoms with Gasteiger partial charge in [-0.1, -0.05) is 0 Å². The van der Waals surface area contributed by atoms with Crippen molar-refractivity contribution >= 4 is 0 Å². The minimum Gasteiger partial charge on any atom is -0.383 e. The molecule has 0 aliphatic heterocycles. The molecule has 2 N–H and O–H groups in total. The zero-order valence-corrected chi connectivity index (χ0v) is 7.42. The Balaban J connectivity index is 2.15. The second kappa shape index (κ2) is 4.84. The topological polar surface area (TPSA) is 62.8 Å². The Morgan fingerprint density at radius 1 is 1.58 bits per heavy atom. The van der Waals surface area contributed by atoms with Crippen LogP contribution in [0.5, 0.6) is 0 Å². The summed E-state index contributed by atoms with van der Waals surface area (Å²) in [4.78, 5) is 4.14. The summed E-state index contributed by atoms with van der Waals surface area (Å²) in [5, 5.41) is 9.90. The molecule has 12 heavy (non-hydrogen) atoms. The van der Waals surface area contributed by atoms with Crippen LogP contribution in [0, 0.1) is 6.92 Å². The van der Waals surface area contributed by atoms with Crippen LogP contribution >= 0.6 is 0 Å². The molecule has 0 bridgehead atoms. The van der Waals surface area contributed by atoms with E-state index in [4.69, 9.17) is 4.74 Å². The molecule has 0 amide bonds. The van der Waals surface area contributed by atoms with E-state index in [9.17, 15) is 0 Å². The van der Waals surface area contributed by atoms with E-state index in [1.807, 2.05) is 6.92 Å². The van der Waals surface area contributed by atoms with Crippen molar-refractivity contribution in [3.63, 3.8) is 0 Å². The number of aromatic nitrogens is 3. The zero-order valence-electron chi connectivity index (χ0n) is 7.42. The molecule has 0 fully saturated rings. The van der Waals surface area contributed by atoms with Crippen LogP contribution in [0.3, 0.4) is 0 Å². The summed E-state index contributed by atoms with van der Waals surface area (Å²) < 4.78 is 4.87. The predicted molar refractivity (Wildman–Crippen MR) is 44.7 cm³/mol. The Morgan fingerprint density at radius 3 is 3.00 bits per heavy atom. The van der Waals surface area contributed by atoms with Gasteiger partial charge in [0, 0.05) is 13.7 Å². The van der Waals surface area contributed by atoms with Crippen molar-refractivity contribution in [2.45, 2.75) is 13.5 Å². The molecule has 1 heterocycles. The summed E-state index contributed by atoms with van der Waals surface area (Å²) in [7, 11) is 1.68. The van der Waals surface area contributed by atoms with Crippen LogP contribution in [-0.4, -0.2) is 35.4 Å². The van der Waals surface area contributed by atoms with E-state index in [2.05, 4.69) is 20.5 Å². The molecule has 1 aromatic heterocycles. The Bertz CT molecular complexity index is 223. The van der Waals surface area contributed by atoms with Crippen LogP contribution < -0.4 is 5.32 Å². The Labute approximate surface area is 71.5 Å². The molecule has 0 aliphatic rings. The van der Waals surface area contributed by atoms with E-state index in [-0.39, 0.29) is 0 Å². The van der Waals surface area contributed by atoms with Gasteiger partial charge in [0.05, 0.1) is 13.2 Å². The van der Waals surface area contributed by atoms with Gasteiger partial charge >= 0.3 is 0 Å². The Hall–Kier alpha value is -0.940. The second-order valence-electron chi connectivity index (χ2n) is 2.51. The van der Waals surface area contributed by atoms with E-state index >= 15 is 0 Å². The average molecular weight is 170 g/mol. The first-order chi connectivity index (χ1) is 5.83. The van der Waals surface area contributed by atoms with Gasteiger partial charge in [-0.25, -0.2) is 4.98 Å². The number of hydrogen-bond acceptors (Lipinski definition) is 4. The third kappa shape index (κ3) is 2.98. The third-order valence-corrected chi connectivity index (χ3v) is 1.41. The second-order valence-corrected chi connectivity index (χ2v) is 2.51. The van der Waals surface area contributed by atoms with E-state index in [0.29, 0.717) is 13.2 Å². The van der Waals surface area contributed by atoms with Crippen molar-refractivity contribution in [2.24, 2.45) is 0 Å². The Kier molecular flexibility index (Phi) is 3.69. The molecule has 0 unspecified atom stereocenters. The van der Waals surface area contributed by atoms with Crippen molar-refractivity contribution in [3.8, 4) is 0 Å². The number of nitrogens with one attached hydrogen (secondary N) is 2. The Morgan fingerprint density at radius 2 is 2.42 bits per heavy atom. The lowest BCUT2D eigenvalue weighted by Crippen LogP contribution is -2.19. The SMILES string of the molecule is COCCNCc1n[nH]c(C)n1. The molecule has 0 aromatic carbocycles. The fourth-order valence-electron chi connectivity index (χ4n) is 0.842. The van der Waals surface area contributed by atoms with Gasteiger partial charge in [-0.3, -0.25) is 5.10 Å². The van der Waals surface area contributed by atoms with E-state index < -0.39 is 0 Å². The van der Waals surface area contributed by atoms with Gasteiger partial charge in [0.1, 0.15) is 5.82 Å². The van der Waals surface area contributed by atoms with Gasteiger partial charge in [0.15, 0.2) is 5.82 Å². The molecule has 0 saturated heterocycles. The highest BCUT2D eigenvalue weighted by Crippen LogP contribution is 1.88. The quantitative estimate of drug-likeness (QED) is 0.603. The van der Waals surface area contributed by atoms with Crippen molar-refractivity contribution in [2.75, 3.05) is 20.3 Å². The molecular weight excluding hydrogens is 156 g/mol. The standard InChI is InChI=1S/C7H14N4O/c1-6-9-7(11-10-6)5-8-3-4-12-2/h8H,3-5H2,1-2H3,(H,9,10,11). The van der Waals surface area contributed by atoms with E-state index in [1.165, 1.54) is 0 Å². The molecule has 1 rings (SSSR count). The van der Waals surface area contributed by atoms with Crippen LogP contribution in [-0.2, 0) is 11.3 Å². The number of ether oxygens (including phenoxy) is 1. The highest BCUT2D eigenvalue weighted by molar-refractivity contribution is 4.86. The highest BCUT2D eigenvalue weighted by Gasteiger charge is 1.97. The summed E-state index contributed by atoms with van der Waals surface area (Å²) in [6, 6.07) is 0. The predicted octanol–water partition coefficient (Wildman–Crippen LogP) is -0.151. The van der Waals surface area contributed by atoms with Crippen LogP contribution in [0.2, 0.25) is 0 Å². The molecular formula is C7H14N4O. The summed E-state index contributed by atoms with van der Waals surface area (Å²) >= 11 is 0. The minimum absolute atomic E-state index is 0.688. The molecule has 0 radical (unpaired) electrons. The van der Waals surface area contributed by atoms with Crippen LogP contribution in [0.25, 0.3) is 0 Å². The monoisotopic (exact) mass is 170 g/mol. The molecule has 0 spiro atoms. The van der Waals surface area contributed by atoms with Gasteiger partial charge in [-0.15, -0.1) is 0 Å². The number of hydrogen-bond donors (Lipinski definition) is 2. The summed E-state index contributed by atoms with van der Waals surface area (Å²) in [6.45, 7) is 4.10. The lowest BCUT2D eigenvalue weighted by Gasteiger charge is -1.99. The molecule has 1 aromatic rings. The number of nitrogens with zero attached hydrogens (tertiary/aromatic N) is 2. The largest absolute Gasteiger partial charge is 0.383 e. The molecule has 0 aliphatic carbocycles. The number of aromatic amines is 1. The molecule has 68 valence electrons. The van der Waals surface area contributed by atoms with Crippen LogP contribution in [0.1, 0.15) is 11.6 Å². The van der Waals surface area contributed by atoms with Crippen LogP contribution in [0.4, 0.5) is 0 Å². The molecule has 0 atom stereocenters. The van der Waals surface area contributed by atoms with Crippen molar-refractivity contribution in [1.82, 2.24) is 20.5 Å². The zero-order chi connectivity index (χ0) is 8.81. The first kappa shape index (κ1) is 9.15. The highest BCUT2D eigenvalue weighted by atomic mass is 16.5. The molecule has 0 saturated carbocycles. The van der Waals surface area contributed by atoms with Gasteiger partial charge in [-0.05, 0) is 6.92 Å². The van der Waals surface area contributed by atoms with Crippen molar-refractivity contribution in [3.05, 3.63) is 11.6 Å². The van der Waals surface area contributed by atoms with Crippen LogP contribution in [0.15, 0.2) is 0 Å². The number of rotatable bonds is 5. The maximum Gasteiger partial charge on any atom is 0.164 e. The lowest BCUT2D eigenvalue weighted by molar-refractivity contribution is 0.199. The van der Waals surface area contributed by atoms with E-state index in [0.717, 1.165) is 18.2 Å². The average Bonchev–Trinajstić information content (AvgIpc) is 2.45. The maximum absolute atomic E-state index is 4.87. The molecule has 5 heteroatoms. The minimum atomic E-state index is 0.688. The van der Waals surface area contributed by atoms with Gasteiger partial charge in [0.25, 0.3) is 0 Å². The van der Waals surface area contributed by atoms with Crippen molar-refractivity contribution < 1.29 is 4.74 Å². The summed E-state index contributed by atoms with van der Waals surface area (Å²) in [5.41, 5.74) is 0. The first-order valence-corrected chi connectivity index (χ1v) is 3.90. The van der Waals surface area contributed by atoms with Gasteiger partial charge in [0.2, 0.25) is 0 Å². The smallest absolute Gasteiger partial charge is 0.164 e. The number of methoxy groups -OCH3 is 1. The van der Waals surface area contributed by atoms with Gasteiger partial charge < -0.3 is 10.1 Å². The lowest BCUT2D eigenvalue weighted by atomic mass is 10.5. The summed E-state index contributed by atoms with van der Waals surface area (Å²) in [5.74, 6) is 1.64. The van der Waals surface area contributed by atoms with Crippen molar-refractivity contribution in [1.29, 1.82) is 0 Å². The third-order valence-electron chi connectivity index (χ3n) is 1.41. The summed E-state index contributed by atoms with van der Waals surface area (Å²) in [6.07, 6.45) is 0. The molecule has 5 nitrogen and oxygen atoms in total. The van der Waals surface area contributed by atoms with E-state index in [1.54, 1.807) is 7.11 Å². The normalized spacial score (nSPS) is 10.5. The number of H-pyrrole nitrogens is 1. The first-order valence-electron chi connectivity index (χ1n) is 3.90. The maximum atomic E-state index is 4.87. The van der Waals surface area contributed by atoms with Gasteiger partial charge in [-0.2, -0.15) is 5.10 Å². The fraction of sp³-hybridized carbons (Fsp3) is 0.714.